The number of nitrogens with one attached hydrogen (secondary N) is 2. The fraction of sp³-hybridized carbons (Fsp3) is 0.320. The zero-order valence-corrected chi connectivity index (χ0v) is 20.3. The van der Waals surface area contributed by atoms with Crippen LogP contribution in [0.5, 0.6) is 5.75 Å². The van der Waals surface area contributed by atoms with E-state index < -0.39 is 5.82 Å². The molecule has 1 fully saturated rings. The molecular weight excluding hydrogens is 473 g/mol. The maximum atomic E-state index is 13.5. The quantitative estimate of drug-likeness (QED) is 0.388. The number of carbonyl (C=O) groups excluding carboxylic acids is 1. The maximum absolute atomic E-state index is 13.5. The summed E-state index contributed by atoms with van der Waals surface area (Å²) >= 11 is 5.91. The van der Waals surface area contributed by atoms with Gasteiger partial charge in [0.15, 0.2) is 0 Å². The van der Waals surface area contributed by atoms with Crippen molar-refractivity contribution < 1.29 is 18.7 Å². The molecule has 0 radical (unpaired) electrons. The van der Waals surface area contributed by atoms with Gasteiger partial charge in [0.25, 0.3) is 0 Å². The van der Waals surface area contributed by atoms with Crippen LogP contribution in [0.4, 0.5) is 21.6 Å². The second kappa shape index (κ2) is 11.4. The van der Waals surface area contributed by atoms with Crippen molar-refractivity contribution in [1.82, 2.24) is 14.9 Å². The summed E-state index contributed by atoms with van der Waals surface area (Å²) < 4.78 is 24.5. The normalized spacial score (nSPS) is 15.8. The van der Waals surface area contributed by atoms with Crippen molar-refractivity contribution >= 4 is 45.6 Å². The predicted octanol–water partition coefficient (Wildman–Crippen LogP) is 4.78. The monoisotopic (exact) mass is 499 g/mol. The number of hydrogen-bond acceptors (Lipinski definition) is 7. The molecule has 184 valence electrons. The minimum atomic E-state index is -0.507. The van der Waals surface area contributed by atoms with Gasteiger partial charge in [-0.15, -0.1) is 0 Å². The predicted molar refractivity (Wildman–Crippen MR) is 135 cm³/mol. The van der Waals surface area contributed by atoms with E-state index in [1.54, 1.807) is 25.3 Å². The Morgan fingerprint density at radius 3 is 2.89 bits per heavy atom. The van der Waals surface area contributed by atoms with Crippen molar-refractivity contribution in [1.29, 1.82) is 0 Å². The summed E-state index contributed by atoms with van der Waals surface area (Å²) in [6.07, 6.45) is 5.88. The zero-order valence-electron chi connectivity index (χ0n) is 19.6. The molecule has 3 aromatic rings. The van der Waals surface area contributed by atoms with Crippen molar-refractivity contribution in [3.05, 3.63) is 59.7 Å². The third-order valence-electron chi connectivity index (χ3n) is 5.71. The van der Waals surface area contributed by atoms with Gasteiger partial charge in [-0.2, -0.15) is 0 Å². The van der Waals surface area contributed by atoms with E-state index in [1.807, 2.05) is 13.0 Å². The molecule has 0 unspecified atom stereocenters. The summed E-state index contributed by atoms with van der Waals surface area (Å²) in [5.41, 5.74) is 1.68. The Labute approximate surface area is 208 Å². The Bertz CT molecular complexity index is 1240. The molecular formula is C25H27ClFN5O3. The van der Waals surface area contributed by atoms with E-state index in [2.05, 4.69) is 25.5 Å². The molecule has 0 saturated carbocycles. The molecule has 1 aliphatic heterocycles. The second-order valence-electron chi connectivity index (χ2n) is 8.06. The lowest BCUT2D eigenvalue weighted by Crippen LogP contribution is -2.50. The van der Waals surface area contributed by atoms with Crippen molar-refractivity contribution in [3.8, 4) is 5.75 Å². The van der Waals surface area contributed by atoms with Crippen LogP contribution < -0.4 is 15.4 Å². The summed E-state index contributed by atoms with van der Waals surface area (Å²) in [4.78, 5) is 23.5. The van der Waals surface area contributed by atoms with E-state index in [0.29, 0.717) is 59.6 Å². The van der Waals surface area contributed by atoms with E-state index >= 15 is 0 Å². The van der Waals surface area contributed by atoms with E-state index in [1.165, 1.54) is 24.5 Å². The molecule has 1 saturated heterocycles. The van der Waals surface area contributed by atoms with Gasteiger partial charge in [0.2, 0.25) is 5.91 Å². The lowest BCUT2D eigenvalue weighted by atomic mass is 10.0. The Morgan fingerprint density at radius 1 is 1.31 bits per heavy atom. The van der Waals surface area contributed by atoms with Crippen molar-refractivity contribution in [2.75, 3.05) is 44.0 Å². The summed E-state index contributed by atoms with van der Waals surface area (Å²) in [5, 5.41) is 6.68. The highest BCUT2D eigenvalue weighted by molar-refractivity contribution is 6.31. The Morgan fingerprint density at radius 2 is 2.17 bits per heavy atom. The number of fused-ring (bicyclic) bond motifs is 1. The largest absolute Gasteiger partial charge is 0.492 e. The number of hydrogen-bond donors (Lipinski definition) is 2. The number of ether oxygens (including phenoxy) is 2. The van der Waals surface area contributed by atoms with Crippen LogP contribution >= 0.6 is 11.6 Å². The highest BCUT2D eigenvalue weighted by Crippen LogP contribution is 2.34. The maximum Gasteiger partial charge on any atom is 0.248 e. The average Bonchev–Trinajstić information content (AvgIpc) is 2.83. The average molecular weight is 500 g/mol. The zero-order chi connectivity index (χ0) is 24.8. The first-order chi connectivity index (χ1) is 17.0. The van der Waals surface area contributed by atoms with Crippen LogP contribution in [0.25, 0.3) is 10.9 Å². The molecule has 8 nitrogen and oxygen atoms in total. The number of rotatable bonds is 10. The topological polar surface area (TPSA) is 88.6 Å². The number of halogens is 2. The van der Waals surface area contributed by atoms with Crippen LogP contribution in [0.3, 0.4) is 0 Å². The molecule has 35 heavy (non-hydrogen) atoms. The number of benzene rings is 2. The summed E-state index contributed by atoms with van der Waals surface area (Å²) in [5.74, 6) is 0.200. The number of amides is 1. The van der Waals surface area contributed by atoms with Crippen LogP contribution in [0.2, 0.25) is 5.02 Å². The van der Waals surface area contributed by atoms with Gasteiger partial charge in [0, 0.05) is 49.5 Å². The lowest BCUT2D eigenvalue weighted by molar-refractivity contribution is -0.111. The number of carbonyl (C=O) groups is 1. The van der Waals surface area contributed by atoms with Crippen molar-refractivity contribution in [2.24, 2.45) is 0 Å². The summed E-state index contributed by atoms with van der Waals surface area (Å²) in [7, 11) is 1.69. The van der Waals surface area contributed by atoms with Crippen LogP contribution in [0.15, 0.2) is 48.8 Å². The first-order valence-corrected chi connectivity index (χ1v) is 11.7. The number of likely N-dealkylation sites (tertiary alicyclic amines) is 1. The SMILES string of the molecule is CCOc1cc2ncnc(Nc3ccc(F)c(Cl)c3)c2cc1NC(=O)C=CCN1CC[C@H]1COC. The molecule has 2 N–H and O–H groups in total. The molecule has 2 heterocycles. The van der Waals surface area contributed by atoms with Crippen molar-refractivity contribution in [3.63, 3.8) is 0 Å². The molecule has 0 aliphatic carbocycles. The third-order valence-corrected chi connectivity index (χ3v) is 6.00. The summed E-state index contributed by atoms with van der Waals surface area (Å²) in [6.45, 7) is 4.65. The molecule has 1 aromatic heterocycles. The van der Waals surface area contributed by atoms with Crippen LogP contribution in [-0.2, 0) is 9.53 Å². The van der Waals surface area contributed by atoms with Gasteiger partial charge in [-0.1, -0.05) is 17.7 Å². The van der Waals surface area contributed by atoms with Gasteiger partial charge in [-0.3, -0.25) is 9.69 Å². The first-order valence-electron chi connectivity index (χ1n) is 11.3. The summed E-state index contributed by atoms with van der Waals surface area (Å²) in [6, 6.07) is 8.22. The van der Waals surface area contributed by atoms with Gasteiger partial charge in [0.1, 0.15) is 23.7 Å². The molecule has 1 atom stereocenters. The Balaban J connectivity index is 1.54. The number of nitrogens with zero attached hydrogens (tertiary/aromatic N) is 3. The third kappa shape index (κ3) is 6.05. The number of anilines is 3. The minimum absolute atomic E-state index is 0.00139. The van der Waals surface area contributed by atoms with Crippen LogP contribution in [0, 0.1) is 5.82 Å². The molecule has 2 aromatic carbocycles. The van der Waals surface area contributed by atoms with Crippen LogP contribution in [0.1, 0.15) is 13.3 Å². The smallest absolute Gasteiger partial charge is 0.248 e. The van der Waals surface area contributed by atoms with Crippen molar-refractivity contribution in [2.45, 2.75) is 19.4 Å². The molecule has 1 aliphatic rings. The van der Waals surface area contributed by atoms with E-state index in [4.69, 9.17) is 21.1 Å². The van der Waals surface area contributed by atoms with Gasteiger partial charge in [-0.25, -0.2) is 14.4 Å². The van der Waals surface area contributed by atoms with Crippen LogP contribution in [-0.4, -0.2) is 60.2 Å². The molecule has 0 bridgehead atoms. The minimum Gasteiger partial charge on any atom is -0.492 e. The van der Waals surface area contributed by atoms with Gasteiger partial charge < -0.3 is 20.1 Å². The molecule has 0 spiro atoms. The lowest BCUT2D eigenvalue weighted by Gasteiger charge is -2.39. The standard InChI is InChI=1S/C25H27ClFN5O3/c1-3-35-23-13-21-18(25(29-15-28-21)30-16-6-7-20(27)19(26)11-16)12-22(23)31-24(33)5-4-9-32-10-8-17(32)14-34-2/h4-7,11-13,15,17H,3,8-10,14H2,1-2H3,(H,31,33)(H,28,29,30)/t17-/m0/s1. The van der Waals surface area contributed by atoms with Gasteiger partial charge in [0.05, 0.1) is 29.4 Å². The Kier molecular flexibility index (Phi) is 8.12. The number of aromatic nitrogens is 2. The van der Waals surface area contributed by atoms with Gasteiger partial charge in [-0.05, 0) is 37.6 Å². The van der Waals surface area contributed by atoms with E-state index in [9.17, 15) is 9.18 Å². The van der Waals surface area contributed by atoms with E-state index in [0.717, 1.165) is 13.0 Å². The fourth-order valence-corrected chi connectivity index (χ4v) is 4.03. The molecule has 4 rings (SSSR count). The fourth-order valence-electron chi connectivity index (χ4n) is 3.85. The molecule has 1 amide bonds. The number of methoxy groups -OCH3 is 1. The second-order valence-corrected chi connectivity index (χ2v) is 8.47. The Hall–Kier alpha value is -3.27. The van der Waals surface area contributed by atoms with E-state index in [-0.39, 0.29) is 10.9 Å². The van der Waals surface area contributed by atoms with Gasteiger partial charge >= 0.3 is 0 Å². The highest BCUT2D eigenvalue weighted by Gasteiger charge is 2.26. The first kappa shape index (κ1) is 24.8. The highest BCUT2D eigenvalue weighted by atomic mass is 35.5. The molecule has 10 heteroatoms.